The number of hydrogen-bond acceptors (Lipinski definition) is 5. The number of rotatable bonds is 5. The predicted octanol–water partition coefficient (Wildman–Crippen LogP) is 2.23. The molecule has 3 aliphatic rings. The van der Waals surface area contributed by atoms with Gasteiger partial charge in [0.05, 0.1) is 24.7 Å². The molecule has 3 aliphatic heterocycles. The van der Waals surface area contributed by atoms with Crippen molar-refractivity contribution in [3.63, 3.8) is 0 Å². The van der Waals surface area contributed by atoms with Crippen LogP contribution in [0.25, 0.3) is 0 Å². The Labute approximate surface area is 178 Å². The lowest BCUT2D eigenvalue weighted by atomic mass is 9.85. The van der Waals surface area contributed by atoms with Crippen molar-refractivity contribution in [2.45, 2.75) is 44.6 Å². The number of fused-ring (bicyclic) bond motifs is 1. The Hall–Kier alpha value is -2.12. The summed E-state index contributed by atoms with van der Waals surface area (Å²) in [5.74, 6) is 0.583. The molecule has 164 valence electrons. The number of benzene rings is 1. The maximum Gasteiger partial charge on any atom is 0.409 e. The van der Waals surface area contributed by atoms with E-state index in [0.29, 0.717) is 12.5 Å². The molecular weight excluding hydrogens is 382 g/mol. The number of carbonyl (C=O) groups excluding carboxylic acids is 2. The van der Waals surface area contributed by atoms with Crippen LogP contribution in [0.15, 0.2) is 24.3 Å². The molecular formula is C23H33N3O4. The lowest BCUT2D eigenvalue weighted by Crippen LogP contribution is -2.47. The maximum absolute atomic E-state index is 13.3. The van der Waals surface area contributed by atoms with Gasteiger partial charge in [-0.25, -0.2) is 4.79 Å². The van der Waals surface area contributed by atoms with E-state index in [1.165, 1.54) is 0 Å². The van der Waals surface area contributed by atoms with Crippen LogP contribution in [-0.2, 0) is 14.9 Å². The molecule has 0 spiro atoms. The van der Waals surface area contributed by atoms with Crippen LogP contribution in [0.4, 0.5) is 10.5 Å². The monoisotopic (exact) mass is 415 g/mol. The number of aliphatic hydroxyl groups excluding tert-OH is 1. The standard InChI is InChI=1S/C23H33N3O4/c1-3-30-22(29)25-12-8-17(9-13-25)14-24-11-10-18(15-24)26-20-7-5-4-6-19(20)23(2,16-27)21(26)28/h4-7,17-18,27H,3,8-16H2,1-2H3/t18-,23+/m1/s1. The molecule has 2 saturated heterocycles. The minimum Gasteiger partial charge on any atom is -0.450 e. The number of anilines is 1. The number of hydrogen-bond donors (Lipinski definition) is 1. The number of carbonyl (C=O) groups is 2. The van der Waals surface area contributed by atoms with E-state index in [2.05, 4.69) is 4.90 Å². The van der Waals surface area contributed by atoms with Gasteiger partial charge in [-0.05, 0) is 50.7 Å². The second-order valence-corrected chi connectivity index (χ2v) is 9.01. The van der Waals surface area contributed by atoms with E-state index in [9.17, 15) is 14.7 Å². The van der Waals surface area contributed by atoms with E-state index in [-0.39, 0.29) is 24.6 Å². The Kier molecular flexibility index (Phi) is 6.02. The van der Waals surface area contributed by atoms with Crippen LogP contribution in [0, 0.1) is 5.92 Å². The first-order valence-electron chi connectivity index (χ1n) is 11.2. The first kappa shape index (κ1) is 21.1. The Morgan fingerprint density at radius 3 is 2.63 bits per heavy atom. The first-order chi connectivity index (χ1) is 14.5. The van der Waals surface area contributed by atoms with Crippen molar-refractivity contribution >= 4 is 17.7 Å². The van der Waals surface area contributed by atoms with Gasteiger partial charge in [0.15, 0.2) is 0 Å². The van der Waals surface area contributed by atoms with Gasteiger partial charge in [-0.15, -0.1) is 0 Å². The Morgan fingerprint density at radius 2 is 1.93 bits per heavy atom. The van der Waals surface area contributed by atoms with Gasteiger partial charge in [-0.2, -0.15) is 0 Å². The van der Waals surface area contributed by atoms with Gasteiger partial charge in [0, 0.05) is 38.4 Å². The molecule has 30 heavy (non-hydrogen) atoms. The summed E-state index contributed by atoms with van der Waals surface area (Å²) < 4.78 is 5.11. The largest absolute Gasteiger partial charge is 0.450 e. The van der Waals surface area contributed by atoms with E-state index in [1.807, 2.05) is 47.9 Å². The number of aliphatic hydroxyl groups is 1. The topological polar surface area (TPSA) is 73.3 Å². The zero-order valence-corrected chi connectivity index (χ0v) is 18.0. The number of piperidine rings is 1. The van der Waals surface area contributed by atoms with Crippen molar-refractivity contribution in [3.8, 4) is 0 Å². The fraction of sp³-hybridized carbons (Fsp3) is 0.652. The molecule has 4 rings (SSSR count). The summed E-state index contributed by atoms with van der Waals surface area (Å²) in [6.45, 7) is 8.29. The Morgan fingerprint density at radius 1 is 1.20 bits per heavy atom. The van der Waals surface area contributed by atoms with Crippen LogP contribution in [-0.4, -0.2) is 78.9 Å². The summed E-state index contributed by atoms with van der Waals surface area (Å²) in [5, 5.41) is 9.97. The first-order valence-corrected chi connectivity index (χ1v) is 11.2. The minimum absolute atomic E-state index is 0.0146. The number of para-hydroxylation sites is 1. The quantitative estimate of drug-likeness (QED) is 0.798. The molecule has 1 N–H and O–H groups in total. The van der Waals surface area contributed by atoms with E-state index in [1.54, 1.807) is 0 Å². The van der Waals surface area contributed by atoms with Crippen LogP contribution in [0.1, 0.15) is 38.7 Å². The fourth-order valence-corrected chi connectivity index (χ4v) is 5.22. The Balaban J connectivity index is 1.36. The predicted molar refractivity (Wildman–Crippen MR) is 115 cm³/mol. The molecule has 1 aromatic rings. The molecule has 3 heterocycles. The highest BCUT2D eigenvalue weighted by atomic mass is 16.6. The van der Waals surface area contributed by atoms with Crippen LogP contribution in [0.3, 0.4) is 0 Å². The van der Waals surface area contributed by atoms with E-state index in [4.69, 9.17) is 4.74 Å². The second-order valence-electron chi connectivity index (χ2n) is 9.01. The zero-order valence-electron chi connectivity index (χ0n) is 18.0. The minimum atomic E-state index is -0.843. The van der Waals surface area contributed by atoms with Gasteiger partial charge >= 0.3 is 6.09 Å². The number of nitrogens with zero attached hydrogens (tertiary/aromatic N) is 3. The Bertz CT molecular complexity index is 792. The van der Waals surface area contributed by atoms with Crippen molar-refractivity contribution < 1.29 is 19.4 Å². The third-order valence-electron chi connectivity index (χ3n) is 7.03. The molecule has 2 atom stereocenters. The highest BCUT2D eigenvalue weighted by molar-refractivity contribution is 6.08. The molecule has 2 fully saturated rings. The molecule has 7 nitrogen and oxygen atoms in total. The smallest absolute Gasteiger partial charge is 0.409 e. The third kappa shape index (κ3) is 3.69. The van der Waals surface area contributed by atoms with Crippen molar-refractivity contribution in [3.05, 3.63) is 29.8 Å². The van der Waals surface area contributed by atoms with Gasteiger partial charge in [0.2, 0.25) is 5.91 Å². The molecule has 0 bridgehead atoms. The summed E-state index contributed by atoms with van der Waals surface area (Å²) in [5.41, 5.74) is 1.04. The number of ether oxygens (including phenoxy) is 1. The zero-order chi connectivity index (χ0) is 21.3. The van der Waals surface area contributed by atoms with Gasteiger partial charge in [0.1, 0.15) is 0 Å². The van der Waals surface area contributed by atoms with Gasteiger partial charge in [-0.1, -0.05) is 18.2 Å². The molecule has 0 saturated carbocycles. The van der Waals surface area contributed by atoms with Crippen LogP contribution >= 0.6 is 0 Å². The number of likely N-dealkylation sites (tertiary alicyclic amines) is 2. The summed E-state index contributed by atoms with van der Waals surface area (Å²) in [7, 11) is 0. The lowest BCUT2D eigenvalue weighted by Gasteiger charge is -2.33. The molecule has 0 aromatic heterocycles. The van der Waals surface area contributed by atoms with Gasteiger partial charge < -0.3 is 24.5 Å². The van der Waals surface area contributed by atoms with E-state index >= 15 is 0 Å². The molecule has 7 heteroatoms. The van der Waals surface area contributed by atoms with Gasteiger partial charge in [0.25, 0.3) is 0 Å². The molecule has 0 aliphatic carbocycles. The van der Waals surface area contributed by atoms with E-state index < -0.39 is 5.41 Å². The summed E-state index contributed by atoms with van der Waals surface area (Å²) in [4.78, 5) is 31.3. The SMILES string of the molecule is CCOC(=O)N1CCC(CN2CC[C@@H](N3C(=O)[C@@](C)(CO)c4ccccc43)C2)CC1. The van der Waals surface area contributed by atoms with Crippen LogP contribution in [0.2, 0.25) is 0 Å². The average molecular weight is 416 g/mol. The summed E-state index contributed by atoms with van der Waals surface area (Å²) in [6.07, 6.45) is 2.74. The highest BCUT2D eigenvalue weighted by Gasteiger charge is 2.50. The van der Waals surface area contributed by atoms with Crippen molar-refractivity contribution in [1.82, 2.24) is 9.80 Å². The summed E-state index contributed by atoms with van der Waals surface area (Å²) in [6, 6.07) is 8.01. The second kappa shape index (κ2) is 8.55. The molecule has 0 unspecified atom stereocenters. The van der Waals surface area contributed by atoms with Crippen molar-refractivity contribution in [1.29, 1.82) is 0 Å². The van der Waals surface area contributed by atoms with Crippen LogP contribution in [0.5, 0.6) is 0 Å². The normalized spacial score (nSPS) is 27.6. The molecule has 1 aromatic carbocycles. The lowest BCUT2D eigenvalue weighted by molar-refractivity contribution is -0.124. The molecule has 0 radical (unpaired) electrons. The number of amides is 2. The third-order valence-corrected chi connectivity index (χ3v) is 7.03. The molecule has 2 amide bonds. The van der Waals surface area contributed by atoms with Crippen molar-refractivity contribution in [2.75, 3.05) is 50.8 Å². The fourth-order valence-electron chi connectivity index (χ4n) is 5.22. The highest BCUT2D eigenvalue weighted by Crippen LogP contribution is 2.43. The van der Waals surface area contributed by atoms with Gasteiger partial charge in [-0.3, -0.25) is 4.79 Å². The van der Waals surface area contributed by atoms with Crippen LogP contribution < -0.4 is 4.90 Å². The average Bonchev–Trinajstić information content (AvgIpc) is 3.30. The van der Waals surface area contributed by atoms with E-state index in [0.717, 1.165) is 63.2 Å². The summed E-state index contributed by atoms with van der Waals surface area (Å²) >= 11 is 0. The van der Waals surface area contributed by atoms with Crippen molar-refractivity contribution in [2.24, 2.45) is 5.92 Å². The maximum atomic E-state index is 13.3.